The van der Waals surface area contributed by atoms with Crippen LogP contribution in [0.4, 0.5) is 5.95 Å². The zero-order valence-corrected chi connectivity index (χ0v) is 18.4. The van der Waals surface area contributed by atoms with Crippen LogP contribution in [0, 0.1) is 6.92 Å². The lowest BCUT2D eigenvalue weighted by atomic mass is 9.98. The second-order valence-corrected chi connectivity index (χ2v) is 7.11. The van der Waals surface area contributed by atoms with E-state index in [1.54, 1.807) is 25.3 Å². The molecule has 0 aliphatic rings. The van der Waals surface area contributed by atoms with Crippen LogP contribution in [0.15, 0.2) is 47.4 Å². The molecule has 2 aromatic heterocycles. The molecule has 0 radical (unpaired) electrons. The van der Waals surface area contributed by atoms with Gasteiger partial charge in [0.15, 0.2) is 5.69 Å². The number of pyridine rings is 1. The molecule has 3 rings (SSSR count). The number of ether oxygens (including phenoxy) is 2. The fraction of sp³-hybridized carbons (Fsp3) is 0.273. The molecular weight excluding hydrogens is 420 g/mol. The summed E-state index contributed by atoms with van der Waals surface area (Å²) in [5.74, 6) is -0.790. The lowest BCUT2D eigenvalue weighted by Gasteiger charge is -2.24. The van der Waals surface area contributed by atoms with Gasteiger partial charge in [-0.05, 0) is 37.6 Å². The summed E-state index contributed by atoms with van der Waals surface area (Å²) in [7, 11) is 2.84. The van der Waals surface area contributed by atoms with Crippen LogP contribution < -0.4 is 15.6 Å². The first kappa shape index (κ1) is 22.3. The van der Waals surface area contributed by atoms with Gasteiger partial charge in [0.1, 0.15) is 0 Å². The molecule has 9 heteroatoms. The molecule has 0 saturated heterocycles. The molecule has 2 heterocycles. The van der Waals surface area contributed by atoms with Crippen LogP contribution >= 0.6 is 11.6 Å². The number of nitrogens with one attached hydrogen (secondary N) is 1. The van der Waals surface area contributed by atoms with Gasteiger partial charge >= 0.3 is 5.97 Å². The van der Waals surface area contributed by atoms with Crippen molar-refractivity contribution >= 4 is 23.5 Å². The summed E-state index contributed by atoms with van der Waals surface area (Å²) in [6, 6.07) is 10.5. The Morgan fingerprint density at radius 1 is 1.26 bits per heavy atom. The Hall–Kier alpha value is -3.39. The molecule has 0 spiro atoms. The molecule has 0 aliphatic heterocycles. The van der Waals surface area contributed by atoms with E-state index in [1.807, 2.05) is 31.2 Å². The van der Waals surface area contributed by atoms with Gasteiger partial charge in [-0.2, -0.15) is 0 Å². The number of carbonyl (C=O) groups excluding carboxylic acids is 1. The first-order valence-corrected chi connectivity index (χ1v) is 10.0. The Morgan fingerprint density at radius 2 is 2.03 bits per heavy atom. The number of halogens is 1. The van der Waals surface area contributed by atoms with Gasteiger partial charge in [-0.15, -0.1) is 0 Å². The SMILES string of the molecule is CCOC(=O)c1nc(NC(c2ccccn2)c2c(C)cccc2Cl)n(C)c(=O)c1OC. The fourth-order valence-electron chi connectivity index (χ4n) is 3.21. The first-order valence-electron chi connectivity index (χ1n) is 9.63. The Bertz CT molecular complexity index is 1130. The maximum Gasteiger partial charge on any atom is 0.361 e. The number of methoxy groups -OCH3 is 1. The Labute approximate surface area is 184 Å². The summed E-state index contributed by atoms with van der Waals surface area (Å²) in [4.78, 5) is 34.1. The van der Waals surface area contributed by atoms with Crippen molar-refractivity contribution in [3.8, 4) is 5.75 Å². The second kappa shape index (κ2) is 9.61. The van der Waals surface area contributed by atoms with Crippen LogP contribution in [0.2, 0.25) is 5.02 Å². The van der Waals surface area contributed by atoms with Crippen LogP contribution in [0.3, 0.4) is 0 Å². The van der Waals surface area contributed by atoms with Crippen molar-refractivity contribution < 1.29 is 14.3 Å². The highest BCUT2D eigenvalue weighted by Crippen LogP contribution is 2.32. The number of carbonyl (C=O) groups is 1. The van der Waals surface area contributed by atoms with Crippen molar-refractivity contribution in [2.75, 3.05) is 19.0 Å². The molecule has 3 aromatic rings. The minimum atomic E-state index is -0.747. The predicted octanol–water partition coefficient (Wildman–Crippen LogP) is 3.52. The quantitative estimate of drug-likeness (QED) is 0.559. The first-order chi connectivity index (χ1) is 14.9. The molecule has 0 amide bonds. The van der Waals surface area contributed by atoms with Crippen LogP contribution in [0.5, 0.6) is 5.75 Å². The van der Waals surface area contributed by atoms with Gasteiger partial charge in [-0.1, -0.05) is 29.8 Å². The number of aryl methyl sites for hydroxylation is 1. The third-order valence-corrected chi connectivity index (χ3v) is 5.07. The Kier molecular flexibility index (Phi) is 6.91. The standard InChI is InChI=1S/C22H23ClN4O4/c1-5-31-21(29)18-19(30-4)20(28)27(3)22(26-18)25-17(15-11-6-7-12-24-15)16-13(2)9-8-10-14(16)23/h6-12,17H,5H2,1-4H3,(H,25,26). The number of aromatic nitrogens is 3. The topological polar surface area (TPSA) is 95.3 Å². The average molecular weight is 443 g/mol. The van der Waals surface area contributed by atoms with Crippen molar-refractivity contribution in [3.05, 3.63) is 80.5 Å². The number of hydrogen-bond donors (Lipinski definition) is 1. The average Bonchev–Trinajstić information content (AvgIpc) is 2.76. The van der Waals surface area contributed by atoms with Gasteiger partial charge in [-0.25, -0.2) is 9.78 Å². The zero-order chi connectivity index (χ0) is 22.5. The van der Waals surface area contributed by atoms with E-state index in [2.05, 4.69) is 15.3 Å². The predicted molar refractivity (Wildman–Crippen MR) is 118 cm³/mol. The Morgan fingerprint density at radius 3 is 2.65 bits per heavy atom. The van der Waals surface area contributed by atoms with E-state index in [9.17, 15) is 9.59 Å². The van der Waals surface area contributed by atoms with Gasteiger partial charge in [-0.3, -0.25) is 14.3 Å². The van der Waals surface area contributed by atoms with Crippen molar-refractivity contribution in [1.82, 2.24) is 14.5 Å². The highest BCUT2D eigenvalue weighted by Gasteiger charge is 2.26. The summed E-state index contributed by atoms with van der Waals surface area (Å²) in [6.45, 7) is 3.74. The zero-order valence-electron chi connectivity index (χ0n) is 17.7. The van der Waals surface area contributed by atoms with E-state index in [1.165, 1.54) is 18.7 Å². The van der Waals surface area contributed by atoms with Gasteiger partial charge in [0.2, 0.25) is 11.7 Å². The van der Waals surface area contributed by atoms with E-state index in [-0.39, 0.29) is 24.0 Å². The second-order valence-electron chi connectivity index (χ2n) is 6.70. The van der Waals surface area contributed by atoms with Crippen molar-refractivity contribution in [1.29, 1.82) is 0 Å². The summed E-state index contributed by atoms with van der Waals surface area (Å²) in [5, 5.41) is 3.77. The molecule has 31 heavy (non-hydrogen) atoms. The van der Waals surface area contributed by atoms with Gasteiger partial charge < -0.3 is 14.8 Å². The normalized spacial score (nSPS) is 11.6. The van der Waals surface area contributed by atoms with Gasteiger partial charge in [0.25, 0.3) is 5.56 Å². The van der Waals surface area contributed by atoms with Gasteiger partial charge in [0, 0.05) is 23.8 Å². The number of nitrogens with zero attached hydrogens (tertiary/aromatic N) is 3. The maximum atomic E-state index is 12.8. The molecule has 0 fully saturated rings. The number of rotatable bonds is 7. The third-order valence-electron chi connectivity index (χ3n) is 4.74. The van der Waals surface area contributed by atoms with Crippen LogP contribution in [0.25, 0.3) is 0 Å². The van der Waals surface area contributed by atoms with E-state index < -0.39 is 17.6 Å². The fourth-order valence-corrected chi connectivity index (χ4v) is 3.54. The maximum absolute atomic E-state index is 12.8. The lowest BCUT2D eigenvalue weighted by molar-refractivity contribution is 0.0514. The molecule has 0 saturated carbocycles. The van der Waals surface area contributed by atoms with E-state index in [0.29, 0.717) is 10.7 Å². The number of anilines is 1. The van der Waals surface area contributed by atoms with Gasteiger partial charge in [0.05, 0.1) is 25.5 Å². The van der Waals surface area contributed by atoms with E-state index in [4.69, 9.17) is 21.1 Å². The lowest BCUT2D eigenvalue weighted by Crippen LogP contribution is -2.29. The highest BCUT2D eigenvalue weighted by atomic mass is 35.5. The molecule has 1 unspecified atom stereocenters. The molecule has 8 nitrogen and oxygen atoms in total. The minimum absolute atomic E-state index is 0.136. The van der Waals surface area contributed by atoms with Crippen molar-refractivity contribution in [2.45, 2.75) is 19.9 Å². The van der Waals surface area contributed by atoms with Crippen LogP contribution in [-0.4, -0.2) is 34.2 Å². The monoisotopic (exact) mass is 442 g/mol. The van der Waals surface area contributed by atoms with Crippen LogP contribution in [0.1, 0.15) is 40.3 Å². The smallest absolute Gasteiger partial charge is 0.361 e. The van der Waals surface area contributed by atoms with E-state index in [0.717, 1.165) is 11.1 Å². The number of esters is 1. The Balaban J connectivity index is 2.18. The highest BCUT2D eigenvalue weighted by molar-refractivity contribution is 6.31. The van der Waals surface area contributed by atoms with E-state index >= 15 is 0 Å². The minimum Gasteiger partial charge on any atom is -0.489 e. The summed E-state index contributed by atoms with van der Waals surface area (Å²) in [5.41, 5.74) is 1.65. The molecular formula is C22H23ClN4O4. The number of benzene rings is 1. The molecule has 1 atom stereocenters. The van der Waals surface area contributed by atoms with Crippen LogP contribution in [-0.2, 0) is 11.8 Å². The molecule has 1 aromatic carbocycles. The molecule has 0 aliphatic carbocycles. The number of hydrogen-bond acceptors (Lipinski definition) is 7. The third kappa shape index (κ3) is 4.54. The van der Waals surface area contributed by atoms with Crippen molar-refractivity contribution in [3.63, 3.8) is 0 Å². The molecule has 162 valence electrons. The summed E-state index contributed by atoms with van der Waals surface area (Å²) in [6.07, 6.45) is 1.67. The largest absolute Gasteiger partial charge is 0.489 e. The summed E-state index contributed by atoms with van der Waals surface area (Å²) >= 11 is 6.53. The summed E-state index contributed by atoms with van der Waals surface area (Å²) < 4.78 is 11.4. The molecule has 1 N–H and O–H groups in total. The molecule has 0 bridgehead atoms. The van der Waals surface area contributed by atoms with Crippen molar-refractivity contribution in [2.24, 2.45) is 7.05 Å².